The maximum atomic E-state index is 12.6. The Labute approximate surface area is 132 Å². The van der Waals surface area contributed by atoms with Crippen molar-refractivity contribution < 1.29 is 9.90 Å². The highest BCUT2D eigenvalue weighted by molar-refractivity contribution is 5.74. The number of amides is 2. The zero-order valence-corrected chi connectivity index (χ0v) is 13.1. The third-order valence-electron chi connectivity index (χ3n) is 4.71. The third-order valence-corrected chi connectivity index (χ3v) is 4.71. The van der Waals surface area contributed by atoms with Crippen LogP contribution in [-0.2, 0) is 6.54 Å². The first-order valence-corrected chi connectivity index (χ1v) is 8.54. The van der Waals surface area contributed by atoms with Gasteiger partial charge in [-0.15, -0.1) is 0 Å². The Morgan fingerprint density at radius 1 is 1.09 bits per heavy atom. The summed E-state index contributed by atoms with van der Waals surface area (Å²) in [4.78, 5) is 14.6. The number of urea groups is 1. The van der Waals surface area contributed by atoms with E-state index in [9.17, 15) is 9.90 Å². The molecule has 4 nitrogen and oxygen atoms in total. The molecule has 3 rings (SSSR count). The summed E-state index contributed by atoms with van der Waals surface area (Å²) in [5, 5.41) is 12.6. The molecule has 0 radical (unpaired) electrons. The summed E-state index contributed by atoms with van der Waals surface area (Å²) >= 11 is 0. The second-order valence-corrected chi connectivity index (χ2v) is 6.77. The third kappa shape index (κ3) is 4.39. The van der Waals surface area contributed by atoms with Crippen LogP contribution in [0.1, 0.15) is 50.5 Å². The summed E-state index contributed by atoms with van der Waals surface area (Å²) in [5.41, 5.74) is 1.07. The fourth-order valence-corrected chi connectivity index (χ4v) is 3.17. The Hall–Kier alpha value is -1.71. The molecule has 0 unspecified atom stereocenters. The van der Waals surface area contributed by atoms with Crippen LogP contribution in [0.15, 0.2) is 24.3 Å². The molecule has 1 aromatic carbocycles. The van der Waals surface area contributed by atoms with E-state index in [1.165, 1.54) is 32.1 Å². The lowest BCUT2D eigenvalue weighted by atomic mass is 9.96. The lowest BCUT2D eigenvalue weighted by molar-refractivity contribution is 0.184. The first kappa shape index (κ1) is 15.2. The highest BCUT2D eigenvalue weighted by atomic mass is 16.3. The molecule has 0 saturated heterocycles. The van der Waals surface area contributed by atoms with Crippen LogP contribution in [-0.4, -0.2) is 28.6 Å². The van der Waals surface area contributed by atoms with Crippen LogP contribution in [0.3, 0.4) is 0 Å². The van der Waals surface area contributed by atoms with E-state index < -0.39 is 0 Å². The molecule has 22 heavy (non-hydrogen) atoms. The average Bonchev–Trinajstić information content (AvgIpc) is 3.34. The number of nitrogens with one attached hydrogen (secondary N) is 1. The first-order valence-electron chi connectivity index (χ1n) is 8.54. The molecule has 1 aromatic rings. The van der Waals surface area contributed by atoms with E-state index in [1.807, 2.05) is 17.0 Å². The van der Waals surface area contributed by atoms with Crippen molar-refractivity contribution >= 4 is 6.03 Å². The minimum atomic E-state index is 0.0758. The van der Waals surface area contributed by atoms with Gasteiger partial charge in [0.15, 0.2) is 0 Å². The SMILES string of the molecule is O=C(NC1CCCCC1)N(Cc1ccc(O)cc1)CC1CC1. The molecule has 2 fully saturated rings. The monoisotopic (exact) mass is 302 g/mol. The Kier molecular flexibility index (Phi) is 4.86. The van der Waals surface area contributed by atoms with Gasteiger partial charge in [-0.25, -0.2) is 4.79 Å². The van der Waals surface area contributed by atoms with Gasteiger partial charge in [0, 0.05) is 19.1 Å². The van der Waals surface area contributed by atoms with Crippen LogP contribution < -0.4 is 5.32 Å². The Morgan fingerprint density at radius 2 is 1.77 bits per heavy atom. The summed E-state index contributed by atoms with van der Waals surface area (Å²) in [7, 11) is 0. The molecule has 0 aromatic heterocycles. The zero-order valence-electron chi connectivity index (χ0n) is 13.1. The van der Waals surface area contributed by atoms with Gasteiger partial charge in [-0.05, 0) is 49.3 Å². The van der Waals surface area contributed by atoms with Gasteiger partial charge >= 0.3 is 6.03 Å². The topological polar surface area (TPSA) is 52.6 Å². The number of phenols is 1. The molecule has 0 aliphatic heterocycles. The van der Waals surface area contributed by atoms with Gasteiger partial charge in [0.25, 0.3) is 0 Å². The number of hydrogen-bond acceptors (Lipinski definition) is 2. The Balaban J connectivity index is 1.60. The lowest BCUT2D eigenvalue weighted by Gasteiger charge is -2.28. The molecule has 2 N–H and O–H groups in total. The number of aromatic hydroxyl groups is 1. The van der Waals surface area contributed by atoms with Crippen molar-refractivity contribution in [3.63, 3.8) is 0 Å². The average molecular weight is 302 g/mol. The molecule has 120 valence electrons. The van der Waals surface area contributed by atoms with Crippen molar-refractivity contribution in [1.29, 1.82) is 0 Å². The highest BCUT2D eigenvalue weighted by Gasteiger charge is 2.28. The molecule has 0 bridgehead atoms. The molecule has 0 spiro atoms. The van der Waals surface area contributed by atoms with Crippen molar-refractivity contribution in [2.75, 3.05) is 6.54 Å². The predicted molar refractivity (Wildman–Crippen MR) is 86.6 cm³/mol. The summed E-state index contributed by atoms with van der Waals surface area (Å²) in [6.07, 6.45) is 8.46. The highest BCUT2D eigenvalue weighted by Crippen LogP contribution is 2.30. The van der Waals surface area contributed by atoms with Crippen LogP contribution in [0, 0.1) is 5.92 Å². The fourth-order valence-electron chi connectivity index (χ4n) is 3.17. The summed E-state index contributed by atoms with van der Waals surface area (Å²) in [5.74, 6) is 0.943. The van der Waals surface area contributed by atoms with Crippen molar-refractivity contribution in [3.8, 4) is 5.75 Å². The van der Waals surface area contributed by atoms with Crippen LogP contribution in [0.5, 0.6) is 5.75 Å². The van der Waals surface area contributed by atoms with E-state index in [4.69, 9.17) is 0 Å². The number of carbonyl (C=O) groups excluding carboxylic acids is 1. The molecule has 4 heteroatoms. The van der Waals surface area contributed by atoms with E-state index in [2.05, 4.69) is 5.32 Å². The molecule has 0 atom stereocenters. The molecular formula is C18H26N2O2. The van der Waals surface area contributed by atoms with Gasteiger partial charge < -0.3 is 15.3 Å². The van der Waals surface area contributed by atoms with E-state index in [0.29, 0.717) is 18.5 Å². The van der Waals surface area contributed by atoms with Crippen LogP contribution in [0.2, 0.25) is 0 Å². The van der Waals surface area contributed by atoms with Gasteiger partial charge in [0.1, 0.15) is 5.75 Å². The van der Waals surface area contributed by atoms with Crippen molar-refractivity contribution in [2.24, 2.45) is 5.92 Å². The quantitative estimate of drug-likeness (QED) is 0.872. The van der Waals surface area contributed by atoms with Gasteiger partial charge in [-0.2, -0.15) is 0 Å². The molecular weight excluding hydrogens is 276 g/mol. The second-order valence-electron chi connectivity index (χ2n) is 6.77. The summed E-state index contributed by atoms with van der Waals surface area (Å²) < 4.78 is 0. The normalized spacial score (nSPS) is 18.9. The van der Waals surface area contributed by atoms with Gasteiger partial charge in [-0.1, -0.05) is 31.4 Å². The van der Waals surface area contributed by atoms with E-state index in [0.717, 1.165) is 24.9 Å². The standard InChI is InChI=1S/C18H26N2O2/c21-17-10-8-15(9-11-17)13-20(12-14-6-7-14)18(22)19-16-4-2-1-3-5-16/h8-11,14,16,21H,1-7,12-13H2,(H,19,22). The summed E-state index contributed by atoms with van der Waals surface area (Å²) in [6, 6.07) is 7.58. The maximum absolute atomic E-state index is 12.6. The van der Waals surface area contributed by atoms with Crippen molar-refractivity contribution in [2.45, 2.75) is 57.5 Å². The molecule has 0 heterocycles. The minimum Gasteiger partial charge on any atom is -0.508 e. The number of rotatable bonds is 5. The van der Waals surface area contributed by atoms with Gasteiger partial charge in [0.05, 0.1) is 0 Å². The van der Waals surface area contributed by atoms with E-state index in [-0.39, 0.29) is 11.8 Å². The largest absolute Gasteiger partial charge is 0.508 e. The maximum Gasteiger partial charge on any atom is 0.317 e. The van der Waals surface area contributed by atoms with Crippen molar-refractivity contribution in [1.82, 2.24) is 10.2 Å². The van der Waals surface area contributed by atoms with E-state index >= 15 is 0 Å². The zero-order chi connectivity index (χ0) is 15.4. The van der Waals surface area contributed by atoms with Gasteiger partial charge in [0.2, 0.25) is 0 Å². The van der Waals surface area contributed by atoms with Gasteiger partial charge in [-0.3, -0.25) is 0 Å². The number of hydrogen-bond donors (Lipinski definition) is 2. The van der Waals surface area contributed by atoms with Crippen LogP contribution in [0.25, 0.3) is 0 Å². The fraction of sp³-hybridized carbons (Fsp3) is 0.611. The molecule has 2 aliphatic carbocycles. The van der Waals surface area contributed by atoms with Crippen LogP contribution >= 0.6 is 0 Å². The Bertz CT molecular complexity index is 490. The predicted octanol–water partition coefficient (Wildman–Crippen LogP) is 3.65. The number of carbonyl (C=O) groups is 1. The molecule has 2 amide bonds. The number of benzene rings is 1. The lowest BCUT2D eigenvalue weighted by Crippen LogP contribution is -2.45. The molecule has 2 aliphatic rings. The second kappa shape index (κ2) is 7.03. The minimum absolute atomic E-state index is 0.0758. The van der Waals surface area contributed by atoms with Crippen molar-refractivity contribution in [3.05, 3.63) is 29.8 Å². The summed E-state index contributed by atoms with van der Waals surface area (Å²) in [6.45, 7) is 1.47. The van der Waals surface area contributed by atoms with Crippen LogP contribution in [0.4, 0.5) is 4.79 Å². The number of phenolic OH excluding ortho intramolecular Hbond substituents is 1. The molecule has 2 saturated carbocycles. The number of nitrogens with zero attached hydrogens (tertiary/aromatic N) is 1. The first-order chi connectivity index (χ1) is 10.7. The van der Waals surface area contributed by atoms with E-state index in [1.54, 1.807) is 12.1 Å². The smallest absolute Gasteiger partial charge is 0.317 e. The Morgan fingerprint density at radius 3 is 2.41 bits per heavy atom.